The van der Waals surface area contributed by atoms with E-state index in [0.29, 0.717) is 13.0 Å². The first-order valence-electron chi connectivity index (χ1n) is 5.96. The second-order valence-corrected chi connectivity index (χ2v) is 5.38. The second kappa shape index (κ2) is 4.53. The van der Waals surface area contributed by atoms with E-state index in [-0.39, 0.29) is 11.9 Å². The molecule has 1 unspecified atom stereocenters. The van der Waals surface area contributed by atoms with Gasteiger partial charge in [-0.25, -0.2) is 9.97 Å². The Kier molecular flexibility index (Phi) is 2.87. The third-order valence-corrected chi connectivity index (χ3v) is 4.23. The van der Waals surface area contributed by atoms with E-state index in [2.05, 4.69) is 32.9 Å². The van der Waals surface area contributed by atoms with Crippen molar-refractivity contribution in [3.8, 4) is 0 Å². The second-order valence-electron chi connectivity index (χ2n) is 4.50. The standard InChI is InChI=1S/C12H14N4OS/c1-7-5-18-11-10(7)14-6-15-12(11)16-8-2-3-9(17)13-4-8/h5-6,8H,2-4H2,1H3,(H,13,17)(H,14,15,16). The van der Waals surface area contributed by atoms with Gasteiger partial charge in [0.15, 0.2) is 0 Å². The third kappa shape index (κ3) is 2.03. The molecule has 0 spiro atoms. The maximum atomic E-state index is 11.1. The van der Waals surface area contributed by atoms with Crippen molar-refractivity contribution in [2.45, 2.75) is 25.8 Å². The number of rotatable bonds is 2. The number of amides is 1. The lowest BCUT2D eigenvalue weighted by Gasteiger charge is -2.23. The minimum absolute atomic E-state index is 0.132. The van der Waals surface area contributed by atoms with Gasteiger partial charge in [0.1, 0.15) is 12.1 Å². The molecule has 3 heterocycles. The largest absolute Gasteiger partial charge is 0.364 e. The summed E-state index contributed by atoms with van der Waals surface area (Å²) in [6, 6.07) is 0.253. The van der Waals surface area contributed by atoms with Crippen molar-refractivity contribution in [1.29, 1.82) is 0 Å². The number of carbonyl (C=O) groups is 1. The van der Waals surface area contributed by atoms with Crippen LogP contribution in [0.15, 0.2) is 11.7 Å². The van der Waals surface area contributed by atoms with Crippen LogP contribution in [-0.2, 0) is 4.79 Å². The van der Waals surface area contributed by atoms with Crippen LogP contribution < -0.4 is 10.6 Å². The first-order chi connectivity index (χ1) is 8.74. The number of hydrogen-bond acceptors (Lipinski definition) is 5. The number of aryl methyl sites for hydroxylation is 1. The summed E-state index contributed by atoms with van der Waals surface area (Å²) in [6.45, 7) is 2.71. The zero-order valence-corrected chi connectivity index (χ0v) is 10.9. The zero-order chi connectivity index (χ0) is 12.5. The van der Waals surface area contributed by atoms with Crippen molar-refractivity contribution in [2.24, 2.45) is 0 Å². The lowest BCUT2D eigenvalue weighted by molar-refractivity contribution is -0.122. The van der Waals surface area contributed by atoms with Crippen molar-refractivity contribution in [2.75, 3.05) is 11.9 Å². The molecule has 6 heteroatoms. The van der Waals surface area contributed by atoms with E-state index in [1.165, 1.54) is 5.56 Å². The van der Waals surface area contributed by atoms with Crippen molar-refractivity contribution in [3.05, 3.63) is 17.3 Å². The number of fused-ring (bicyclic) bond motifs is 1. The SMILES string of the molecule is Cc1csc2c(NC3CCC(=O)NC3)ncnc12. The number of thiophene rings is 1. The van der Waals surface area contributed by atoms with Crippen LogP contribution in [0.4, 0.5) is 5.82 Å². The van der Waals surface area contributed by atoms with Gasteiger partial charge >= 0.3 is 0 Å². The molecule has 0 aromatic carbocycles. The van der Waals surface area contributed by atoms with Gasteiger partial charge < -0.3 is 10.6 Å². The highest BCUT2D eigenvalue weighted by Crippen LogP contribution is 2.29. The van der Waals surface area contributed by atoms with Gasteiger partial charge in [-0.2, -0.15) is 0 Å². The molecule has 1 atom stereocenters. The number of anilines is 1. The molecule has 0 radical (unpaired) electrons. The summed E-state index contributed by atoms with van der Waals surface area (Å²) in [5, 5.41) is 8.36. The van der Waals surface area contributed by atoms with E-state index < -0.39 is 0 Å². The molecule has 3 rings (SSSR count). The Morgan fingerprint density at radius 3 is 3.17 bits per heavy atom. The molecule has 1 aliphatic rings. The highest BCUT2D eigenvalue weighted by atomic mass is 32.1. The molecular formula is C12H14N4OS. The number of piperidine rings is 1. The molecule has 2 aromatic rings. The van der Waals surface area contributed by atoms with Crippen molar-refractivity contribution >= 4 is 33.3 Å². The first-order valence-corrected chi connectivity index (χ1v) is 6.84. The van der Waals surface area contributed by atoms with Crippen molar-refractivity contribution < 1.29 is 4.79 Å². The predicted octanol–water partition coefficient (Wildman–Crippen LogP) is 1.69. The number of nitrogens with one attached hydrogen (secondary N) is 2. The van der Waals surface area contributed by atoms with Crippen molar-refractivity contribution in [1.82, 2.24) is 15.3 Å². The van der Waals surface area contributed by atoms with Crippen LogP contribution in [0.25, 0.3) is 10.2 Å². The fourth-order valence-electron chi connectivity index (χ4n) is 2.12. The van der Waals surface area contributed by atoms with Gasteiger partial charge in [-0.15, -0.1) is 11.3 Å². The smallest absolute Gasteiger partial charge is 0.220 e. The molecule has 94 valence electrons. The first kappa shape index (κ1) is 11.4. The minimum atomic E-state index is 0.132. The van der Waals surface area contributed by atoms with Gasteiger partial charge in [0.05, 0.1) is 10.2 Å². The average Bonchev–Trinajstić information content (AvgIpc) is 2.76. The van der Waals surface area contributed by atoms with Crippen LogP contribution in [0, 0.1) is 6.92 Å². The van der Waals surface area contributed by atoms with Crippen LogP contribution >= 0.6 is 11.3 Å². The average molecular weight is 262 g/mol. The summed E-state index contributed by atoms with van der Waals surface area (Å²) in [5.41, 5.74) is 2.19. The molecule has 2 aromatic heterocycles. The molecule has 1 amide bonds. The lowest BCUT2D eigenvalue weighted by Crippen LogP contribution is -2.42. The summed E-state index contributed by atoms with van der Waals surface area (Å²) >= 11 is 1.65. The summed E-state index contributed by atoms with van der Waals surface area (Å²) in [4.78, 5) is 19.7. The molecule has 1 fully saturated rings. The maximum absolute atomic E-state index is 11.1. The van der Waals surface area contributed by atoms with Gasteiger partial charge in [0, 0.05) is 19.0 Å². The Morgan fingerprint density at radius 1 is 1.50 bits per heavy atom. The van der Waals surface area contributed by atoms with Gasteiger partial charge in [0.2, 0.25) is 5.91 Å². The quantitative estimate of drug-likeness (QED) is 0.864. The number of aromatic nitrogens is 2. The molecular weight excluding hydrogens is 248 g/mol. The van der Waals surface area contributed by atoms with Crippen LogP contribution in [0.5, 0.6) is 0 Å². The summed E-state index contributed by atoms with van der Waals surface area (Å²) in [6.07, 6.45) is 3.02. The Balaban J connectivity index is 1.84. The highest BCUT2D eigenvalue weighted by Gasteiger charge is 2.19. The Hall–Kier alpha value is -1.69. The highest BCUT2D eigenvalue weighted by molar-refractivity contribution is 7.18. The fraction of sp³-hybridized carbons (Fsp3) is 0.417. The van der Waals surface area contributed by atoms with Crippen molar-refractivity contribution in [3.63, 3.8) is 0 Å². The van der Waals surface area contributed by atoms with Crippen LogP contribution in [0.3, 0.4) is 0 Å². The lowest BCUT2D eigenvalue weighted by atomic mass is 10.1. The number of carbonyl (C=O) groups excluding carboxylic acids is 1. The summed E-state index contributed by atoms with van der Waals surface area (Å²) in [7, 11) is 0. The normalized spacial score (nSPS) is 19.8. The van der Waals surface area contributed by atoms with Gasteiger partial charge in [0.25, 0.3) is 0 Å². The molecule has 5 nitrogen and oxygen atoms in total. The minimum Gasteiger partial charge on any atom is -0.364 e. The van der Waals surface area contributed by atoms with Gasteiger partial charge in [-0.05, 0) is 24.3 Å². The molecule has 18 heavy (non-hydrogen) atoms. The molecule has 1 aliphatic heterocycles. The number of nitrogens with zero attached hydrogens (tertiary/aromatic N) is 2. The fourth-order valence-corrected chi connectivity index (χ4v) is 3.08. The predicted molar refractivity (Wildman–Crippen MR) is 71.8 cm³/mol. The maximum Gasteiger partial charge on any atom is 0.220 e. The van der Waals surface area contributed by atoms with Crippen LogP contribution in [-0.4, -0.2) is 28.5 Å². The van der Waals surface area contributed by atoms with Crippen LogP contribution in [0.1, 0.15) is 18.4 Å². The zero-order valence-electron chi connectivity index (χ0n) is 10.1. The molecule has 0 aliphatic carbocycles. The van der Waals surface area contributed by atoms with Gasteiger partial charge in [-0.1, -0.05) is 0 Å². The molecule has 0 saturated carbocycles. The number of hydrogen-bond donors (Lipinski definition) is 2. The summed E-state index contributed by atoms with van der Waals surface area (Å²) < 4.78 is 1.09. The molecule has 2 N–H and O–H groups in total. The molecule has 1 saturated heterocycles. The van der Waals surface area contributed by atoms with Crippen LogP contribution in [0.2, 0.25) is 0 Å². The third-order valence-electron chi connectivity index (χ3n) is 3.14. The van der Waals surface area contributed by atoms with E-state index in [1.807, 2.05) is 0 Å². The Morgan fingerprint density at radius 2 is 2.39 bits per heavy atom. The Labute approximate surface area is 109 Å². The molecule has 0 bridgehead atoms. The monoisotopic (exact) mass is 262 g/mol. The van der Waals surface area contributed by atoms with E-state index in [0.717, 1.165) is 22.5 Å². The van der Waals surface area contributed by atoms with E-state index in [1.54, 1.807) is 17.7 Å². The van der Waals surface area contributed by atoms with E-state index >= 15 is 0 Å². The van der Waals surface area contributed by atoms with E-state index in [4.69, 9.17) is 0 Å². The van der Waals surface area contributed by atoms with E-state index in [9.17, 15) is 4.79 Å². The van der Waals surface area contributed by atoms with Gasteiger partial charge in [-0.3, -0.25) is 4.79 Å². The Bertz CT molecular complexity index is 585. The summed E-state index contributed by atoms with van der Waals surface area (Å²) in [5.74, 6) is 1.01. The topological polar surface area (TPSA) is 66.9 Å².